The van der Waals surface area contributed by atoms with E-state index in [0.29, 0.717) is 0 Å². The van der Waals surface area contributed by atoms with Gasteiger partial charge in [-0.15, -0.1) is 0 Å². The summed E-state index contributed by atoms with van der Waals surface area (Å²) in [6, 6.07) is 5.77. The second kappa shape index (κ2) is 5.21. The van der Waals surface area contributed by atoms with Crippen LogP contribution in [0.4, 0.5) is 4.79 Å². The minimum atomic E-state index is -0.392. The van der Waals surface area contributed by atoms with Crippen LogP contribution in [-0.2, 0) is 11.5 Å². The lowest BCUT2D eigenvalue weighted by Crippen LogP contribution is -2.39. The van der Waals surface area contributed by atoms with Crippen LogP contribution in [0.3, 0.4) is 0 Å². The Balaban J connectivity index is 2.31. The molecule has 0 radical (unpaired) electrons. The SMILES string of the molecule is CC(C)NC(=O)OC[n+]1ccccc1. The first kappa shape index (κ1) is 10.5. The Morgan fingerprint density at radius 1 is 1.36 bits per heavy atom. The number of hydrogen-bond donors (Lipinski definition) is 1. The smallest absolute Gasteiger partial charge is 0.388 e. The summed E-state index contributed by atoms with van der Waals surface area (Å²) in [5.41, 5.74) is 0. The Hall–Kier alpha value is -1.58. The maximum atomic E-state index is 11.1. The maximum Gasteiger partial charge on any atom is 0.412 e. The standard InChI is InChI=1S/C10H14N2O2/c1-9(2)11-10(13)14-8-12-6-4-3-5-7-12/h3-7,9H,8H2,1-2H3/p+1. The molecule has 76 valence electrons. The molecule has 0 saturated carbocycles. The van der Waals surface area contributed by atoms with Crippen molar-refractivity contribution in [1.29, 1.82) is 0 Å². The van der Waals surface area contributed by atoms with Crippen molar-refractivity contribution < 1.29 is 14.1 Å². The molecule has 0 aliphatic rings. The molecule has 0 aliphatic carbocycles. The van der Waals surface area contributed by atoms with Gasteiger partial charge in [0.1, 0.15) is 0 Å². The summed E-state index contributed by atoms with van der Waals surface area (Å²) >= 11 is 0. The zero-order valence-corrected chi connectivity index (χ0v) is 8.43. The summed E-state index contributed by atoms with van der Waals surface area (Å²) in [4.78, 5) is 11.1. The third-order valence-electron chi connectivity index (χ3n) is 1.53. The molecule has 1 N–H and O–H groups in total. The number of hydrogen-bond acceptors (Lipinski definition) is 2. The van der Waals surface area contributed by atoms with Crippen LogP contribution in [-0.4, -0.2) is 12.1 Å². The molecule has 4 heteroatoms. The highest BCUT2D eigenvalue weighted by molar-refractivity contribution is 5.67. The number of carbonyl (C=O) groups excluding carboxylic acids is 1. The molecule has 14 heavy (non-hydrogen) atoms. The van der Waals surface area contributed by atoms with Gasteiger partial charge in [0.15, 0.2) is 12.4 Å². The molecule has 0 atom stereocenters. The molecule has 0 saturated heterocycles. The van der Waals surface area contributed by atoms with E-state index in [2.05, 4.69) is 5.32 Å². The van der Waals surface area contributed by atoms with Crippen LogP contribution in [0.15, 0.2) is 30.6 Å². The first-order valence-corrected chi connectivity index (χ1v) is 4.56. The van der Waals surface area contributed by atoms with Crippen molar-refractivity contribution >= 4 is 6.09 Å². The number of pyridine rings is 1. The van der Waals surface area contributed by atoms with Crippen LogP contribution < -0.4 is 9.88 Å². The third kappa shape index (κ3) is 3.89. The van der Waals surface area contributed by atoms with Crippen LogP contribution in [0.5, 0.6) is 0 Å². The highest BCUT2D eigenvalue weighted by Crippen LogP contribution is 1.83. The van der Waals surface area contributed by atoms with Crippen molar-refractivity contribution in [2.75, 3.05) is 0 Å². The largest absolute Gasteiger partial charge is 0.412 e. The first-order valence-electron chi connectivity index (χ1n) is 4.56. The van der Waals surface area contributed by atoms with Gasteiger partial charge in [-0.2, -0.15) is 4.57 Å². The Morgan fingerprint density at radius 2 is 2.00 bits per heavy atom. The van der Waals surface area contributed by atoms with Gasteiger partial charge in [0.05, 0.1) is 0 Å². The summed E-state index contributed by atoms with van der Waals surface area (Å²) in [6.45, 7) is 4.01. The first-order chi connectivity index (χ1) is 6.68. The van der Waals surface area contributed by atoms with E-state index in [1.54, 1.807) is 4.57 Å². The van der Waals surface area contributed by atoms with Crippen molar-refractivity contribution in [1.82, 2.24) is 5.32 Å². The molecule has 1 heterocycles. The zero-order valence-electron chi connectivity index (χ0n) is 8.43. The second-order valence-electron chi connectivity index (χ2n) is 3.25. The molecule has 0 aliphatic heterocycles. The third-order valence-corrected chi connectivity index (χ3v) is 1.53. The molecule has 0 fully saturated rings. The minimum Gasteiger partial charge on any atom is -0.388 e. The van der Waals surface area contributed by atoms with E-state index < -0.39 is 6.09 Å². The lowest BCUT2D eigenvalue weighted by molar-refractivity contribution is -0.727. The van der Waals surface area contributed by atoms with Crippen LogP contribution in [0.25, 0.3) is 0 Å². The van der Waals surface area contributed by atoms with Gasteiger partial charge in [-0.25, -0.2) is 4.79 Å². The Bertz CT molecular complexity index is 285. The van der Waals surface area contributed by atoms with Gasteiger partial charge in [-0.05, 0) is 13.8 Å². The van der Waals surface area contributed by atoms with Gasteiger partial charge < -0.3 is 10.1 Å². The van der Waals surface area contributed by atoms with Gasteiger partial charge in [0.25, 0.3) is 6.73 Å². The number of ether oxygens (including phenoxy) is 1. The predicted octanol–water partition coefficient (Wildman–Crippen LogP) is 1.07. The average molecular weight is 195 g/mol. The number of alkyl carbamates (subject to hydrolysis) is 1. The summed E-state index contributed by atoms with van der Waals surface area (Å²) in [5, 5.41) is 2.64. The predicted molar refractivity (Wildman–Crippen MR) is 51.4 cm³/mol. The minimum absolute atomic E-state index is 0.100. The van der Waals surface area contributed by atoms with Gasteiger partial charge in [-0.3, -0.25) is 0 Å². The van der Waals surface area contributed by atoms with Gasteiger partial charge >= 0.3 is 6.09 Å². The van der Waals surface area contributed by atoms with Crippen LogP contribution in [0, 0.1) is 0 Å². The van der Waals surface area contributed by atoms with Gasteiger partial charge in [0.2, 0.25) is 0 Å². The lowest BCUT2D eigenvalue weighted by atomic mass is 10.4. The number of nitrogens with zero attached hydrogens (tertiary/aromatic N) is 1. The molecule has 0 aromatic carbocycles. The fourth-order valence-electron chi connectivity index (χ4n) is 0.931. The fourth-order valence-corrected chi connectivity index (χ4v) is 0.931. The number of carbonyl (C=O) groups is 1. The fraction of sp³-hybridized carbons (Fsp3) is 0.400. The van der Waals surface area contributed by atoms with Crippen LogP contribution in [0.1, 0.15) is 13.8 Å². The van der Waals surface area contributed by atoms with Crippen LogP contribution >= 0.6 is 0 Å². The van der Waals surface area contributed by atoms with E-state index in [1.165, 1.54) is 0 Å². The maximum absolute atomic E-state index is 11.1. The van der Waals surface area contributed by atoms with Crippen molar-refractivity contribution in [2.45, 2.75) is 26.6 Å². The molecule has 0 unspecified atom stereocenters. The van der Waals surface area contributed by atoms with Crippen molar-refractivity contribution in [3.05, 3.63) is 30.6 Å². The van der Waals surface area contributed by atoms with E-state index in [0.717, 1.165) is 0 Å². The Labute approximate surface area is 83.5 Å². The summed E-state index contributed by atoms with van der Waals surface area (Å²) in [6.07, 6.45) is 3.28. The highest BCUT2D eigenvalue weighted by Gasteiger charge is 2.06. The quantitative estimate of drug-likeness (QED) is 0.733. The second-order valence-corrected chi connectivity index (χ2v) is 3.25. The summed E-state index contributed by atoms with van der Waals surface area (Å²) < 4.78 is 6.73. The molecular formula is C10H15N2O2+. The monoisotopic (exact) mass is 195 g/mol. The van der Waals surface area contributed by atoms with E-state index in [1.807, 2.05) is 44.4 Å². The van der Waals surface area contributed by atoms with Crippen molar-refractivity contribution in [3.8, 4) is 0 Å². The number of aromatic nitrogens is 1. The van der Waals surface area contributed by atoms with Gasteiger partial charge in [0, 0.05) is 18.2 Å². The zero-order chi connectivity index (χ0) is 10.4. The normalized spacial score (nSPS) is 9.93. The van der Waals surface area contributed by atoms with E-state index in [-0.39, 0.29) is 12.8 Å². The van der Waals surface area contributed by atoms with E-state index >= 15 is 0 Å². The molecular weight excluding hydrogens is 180 g/mol. The molecule has 0 spiro atoms. The Kier molecular flexibility index (Phi) is 3.91. The highest BCUT2D eigenvalue weighted by atomic mass is 16.6. The number of rotatable bonds is 3. The van der Waals surface area contributed by atoms with Gasteiger partial charge in [-0.1, -0.05) is 6.07 Å². The molecule has 1 aromatic rings. The van der Waals surface area contributed by atoms with E-state index in [4.69, 9.17) is 4.74 Å². The number of nitrogens with one attached hydrogen (secondary N) is 1. The summed E-state index contributed by atoms with van der Waals surface area (Å²) in [5.74, 6) is 0. The van der Waals surface area contributed by atoms with Crippen molar-refractivity contribution in [3.63, 3.8) is 0 Å². The Morgan fingerprint density at radius 3 is 2.57 bits per heavy atom. The topological polar surface area (TPSA) is 42.2 Å². The van der Waals surface area contributed by atoms with Crippen molar-refractivity contribution in [2.24, 2.45) is 0 Å². The molecule has 0 bridgehead atoms. The number of amides is 1. The molecule has 1 rings (SSSR count). The summed E-state index contributed by atoms with van der Waals surface area (Å²) in [7, 11) is 0. The van der Waals surface area contributed by atoms with Crippen LogP contribution in [0.2, 0.25) is 0 Å². The van der Waals surface area contributed by atoms with E-state index in [9.17, 15) is 4.79 Å². The average Bonchev–Trinajstić information content (AvgIpc) is 2.15. The lowest BCUT2D eigenvalue weighted by Gasteiger charge is -2.06. The molecule has 1 amide bonds. The molecule has 4 nitrogen and oxygen atoms in total. The molecule has 1 aromatic heterocycles.